The van der Waals surface area contributed by atoms with Crippen molar-refractivity contribution in [3.8, 4) is 11.4 Å². The maximum atomic E-state index is 13.2. The second-order valence-electron chi connectivity index (χ2n) is 7.78. The van der Waals surface area contributed by atoms with Crippen LogP contribution in [-0.2, 0) is 17.8 Å². The van der Waals surface area contributed by atoms with Gasteiger partial charge in [0, 0.05) is 24.5 Å². The number of rotatable bonds is 5. The van der Waals surface area contributed by atoms with E-state index in [9.17, 15) is 4.79 Å². The number of amides is 1. The molecule has 0 aliphatic carbocycles. The summed E-state index contributed by atoms with van der Waals surface area (Å²) in [6.45, 7) is 5.38. The molecule has 2 aromatic heterocycles. The van der Waals surface area contributed by atoms with Crippen molar-refractivity contribution in [1.82, 2.24) is 24.6 Å². The summed E-state index contributed by atoms with van der Waals surface area (Å²) in [6.07, 6.45) is 4.00. The van der Waals surface area contributed by atoms with Gasteiger partial charge in [-0.3, -0.25) is 9.78 Å². The van der Waals surface area contributed by atoms with Gasteiger partial charge in [-0.05, 0) is 30.0 Å². The third kappa shape index (κ3) is 4.37. The van der Waals surface area contributed by atoms with E-state index in [-0.39, 0.29) is 30.3 Å². The highest BCUT2D eigenvalue weighted by molar-refractivity contribution is 5.85. The van der Waals surface area contributed by atoms with E-state index in [2.05, 4.69) is 23.9 Å². The van der Waals surface area contributed by atoms with Gasteiger partial charge in [0.05, 0.1) is 18.6 Å². The van der Waals surface area contributed by atoms with Crippen LogP contribution in [-0.4, -0.2) is 43.1 Å². The zero-order valence-electron chi connectivity index (χ0n) is 17.2. The highest BCUT2D eigenvalue weighted by atomic mass is 35.5. The Morgan fingerprint density at radius 1 is 1.17 bits per heavy atom. The normalized spacial score (nSPS) is 16.7. The molecular weight excluding hydrogens is 400 g/mol. The lowest BCUT2D eigenvalue weighted by Crippen LogP contribution is -2.51. The molecule has 0 bridgehead atoms. The predicted molar refractivity (Wildman–Crippen MR) is 118 cm³/mol. The molecule has 158 valence electrons. The fourth-order valence-electron chi connectivity index (χ4n) is 3.91. The molecule has 0 radical (unpaired) electrons. The molecule has 7 nitrogen and oxygen atoms in total. The summed E-state index contributed by atoms with van der Waals surface area (Å²) in [5.74, 6) is 1.60. The standard InChI is InChI=1S/C22H26N6O.ClH/c1-15(2)19-21-25-20(17-9-6-10-24-14-17)26-28(21)12-11-27(19)22(29)18(23)13-16-7-4-3-5-8-16;/h3-10,14-15,18-19H,11-13,23H2,1-2H3;1H/t18-,19-;/m1./s1. The van der Waals surface area contributed by atoms with Gasteiger partial charge < -0.3 is 10.6 Å². The average Bonchev–Trinajstić information content (AvgIpc) is 3.18. The Hall–Kier alpha value is -2.77. The average molecular weight is 427 g/mol. The van der Waals surface area contributed by atoms with E-state index < -0.39 is 6.04 Å². The van der Waals surface area contributed by atoms with E-state index >= 15 is 0 Å². The van der Waals surface area contributed by atoms with Gasteiger partial charge in [-0.2, -0.15) is 5.10 Å². The van der Waals surface area contributed by atoms with Gasteiger partial charge in [0.1, 0.15) is 0 Å². The number of aromatic nitrogens is 4. The van der Waals surface area contributed by atoms with Crippen LogP contribution < -0.4 is 5.73 Å². The zero-order valence-corrected chi connectivity index (χ0v) is 18.0. The van der Waals surface area contributed by atoms with Crippen LogP contribution in [0, 0.1) is 5.92 Å². The van der Waals surface area contributed by atoms with Crippen LogP contribution in [0.15, 0.2) is 54.9 Å². The largest absolute Gasteiger partial charge is 0.329 e. The summed E-state index contributed by atoms with van der Waals surface area (Å²) in [5.41, 5.74) is 8.25. The summed E-state index contributed by atoms with van der Waals surface area (Å²) in [6, 6.07) is 13.0. The lowest BCUT2D eigenvalue weighted by Gasteiger charge is -2.38. The molecule has 0 saturated carbocycles. The Kier molecular flexibility index (Phi) is 6.84. The minimum absolute atomic E-state index is 0. The number of fused-ring (bicyclic) bond motifs is 1. The fraction of sp³-hybridized carbons (Fsp3) is 0.364. The monoisotopic (exact) mass is 426 g/mol. The van der Waals surface area contributed by atoms with Crippen molar-refractivity contribution in [3.05, 3.63) is 66.2 Å². The lowest BCUT2D eigenvalue weighted by atomic mass is 9.97. The lowest BCUT2D eigenvalue weighted by molar-refractivity contribution is -0.137. The number of hydrogen-bond acceptors (Lipinski definition) is 5. The molecule has 3 heterocycles. The molecule has 3 aromatic rings. The molecule has 0 fully saturated rings. The number of pyridine rings is 1. The van der Waals surface area contributed by atoms with E-state index in [0.29, 0.717) is 25.3 Å². The van der Waals surface area contributed by atoms with Crippen LogP contribution in [0.1, 0.15) is 31.3 Å². The maximum absolute atomic E-state index is 13.2. The van der Waals surface area contributed by atoms with Gasteiger partial charge in [0.2, 0.25) is 5.91 Å². The first kappa shape index (κ1) is 21.9. The van der Waals surface area contributed by atoms with E-state index in [1.165, 1.54) is 0 Å². The van der Waals surface area contributed by atoms with Crippen molar-refractivity contribution < 1.29 is 4.79 Å². The molecule has 2 atom stereocenters. The maximum Gasteiger partial charge on any atom is 0.240 e. The van der Waals surface area contributed by atoms with Gasteiger partial charge in [-0.15, -0.1) is 12.4 Å². The quantitative estimate of drug-likeness (QED) is 0.677. The van der Waals surface area contributed by atoms with Crippen LogP contribution in [0.3, 0.4) is 0 Å². The van der Waals surface area contributed by atoms with E-state index in [4.69, 9.17) is 10.7 Å². The van der Waals surface area contributed by atoms with Crippen molar-refractivity contribution in [2.24, 2.45) is 11.7 Å². The first-order valence-electron chi connectivity index (χ1n) is 9.99. The predicted octanol–water partition coefficient (Wildman–Crippen LogP) is 2.87. The third-order valence-corrected chi connectivity index (χ3v) is 5.30. The Morgan fingerprint density at radius 2 is 1.93 bits per heavy atom. The second kappa shape index (κ2) is 9.36. The van der Waals surface area contributed by atoms with Crippen molar-refractivity contribution >= 4 is 18.3 Å². The minimum atomic E-state index is -0.578. The Morgan fingerprint density at radius 3 is 2.60 bits per heavy atom. The Bertz CT molecular complexity index is 976. The first-order chi connectivity index (χ1) is 14.0. The smallest absolute Gasteiger partial charge is 0.240 e. The van der Waals surface area contributed by atoms with E-state index in [0.717, 1.165) is 17.0 Å². The molecule has 4 rings (SSSR count). The fourth-order valence-corrected chi connectivity index (χ4v) is 3.91. The van der Waals surface area contributed by atoms with E-state index in [1.54, 1.807) is 12.4 Å². The molecule has 0 unspecified atom stereocenters. The van der Waals surface area contributed by atoms with Crippen LogP contribution in [0.25, 0.3) is 11.4 Å². The van der Waals surface area contributed by atoms with Crippen molar-refractivity contribution in [1.29, 1.82) is 0 Å². The van der Waals surface area contributed by atoms with E-state index in [1.807, 2.05) is 52.0 Å². The number of halogens is 1. The number of nitrogens with two attached hydrogens (primary N) is 1. The van der Waals surface area contributed by atoms with Crippen LogP contribution >= 0.6 is 12.4 Å². The molecule has 1 aliphatic rings. The summed E-state index contributed by atoms with van der Waals surface area (Å²) in [7, 11) is 0. The highest BCUT2D eigenvalue weighted by Gasteiger charge is 2.37. The summed E-state index contributed by atoms with van der Waals surface area (Å²) in [4.78, 5) is 24.1. The van der Waals surface area contributed by atoms with Crippen LogP contribution in [0.4, 0.5) is 0 Å². The van der Waals surface area contributed by atoms with Crippen molar-refractivity contribution in [2.75, 3.05) is 6.54 Å². The number of benzene rings is 1. The van der Waals surface area contributed by atoms with Gasteiger partial charge in [-0.1, -0.05) is 44.2 Å². The highest BCUT2D eigenvalue weighted by Crippen LogP contribution is 2.32. The van der Waals surface area contributed by atoms with Gasteiger partial charge in [0.25, 0.3) is 0 Å². The minimum Gasteiger partial charge on any atom is -0.329 e. The molecule has 8 heteroatoms. The van der Waals surface area contributed by atoms with Gasteiger partial charge in [-0.25, -0.2) is 9.67 Å². The Balaban J connectivity index is 0.00000256. The second-order valence-corrected chi connectivity index (χ2v) is 7.78. The molecule has 1 aromatic carbocycles. The number of carbonyl (C=O) groups excluding carboxylic acids is 1. The summed E-state index contributed by atoms with van der Waals surface area (Å²) >= 11 is 0. The zero-order chi connectivity index (χ0) is 20.4. The van der Waals surface area contributed by atoms with Crippen molar-refractivity contribution in [3.63, 3.8) is 0 Å². The van der Waals surface area contributed by atoms with Crippen molar-refractivity contribution in [2.45, 2.75) is 38.9 Å². The Labute approximate surface area is 182 Å². The molecule has 30 heavy (non-hydrogen) atoms. The molecule has 0 saturated heterocycles. The molecule has 0 spiro atoms. The number of carbonyl (C=O) groups is 1. The summed E-state index contributed by atoms with van der Waals surface area (Å²) in [5, 5.41) is 4.66. The third-order valence-electron chi connectivity index (χ3n) is 5.30. The molecule has 1 amide bonds. The van der Waals surface area contributed by atoms with Crippen LogP contribution in [0.2, 0.25) is 0 Å². The number of hydrogen-bond donors (Lipinski definition) is 1. The van der Waals surface area contributed by atoms with Gasteiger partial charge >= 0.3 is 0 Å². The van der Waals surface area contributed by atoms with Crippen LogP contribution in [0.5, 0.6) is 0 Å². The SMILES string of the molecule is CC(C)[C@@H]1c2nc(-c3cccnc3)nn2CCN1C(=O)[C@H](N)Cc1ccccc1.Cl. The molecule has 1 aliphatic heterocycles. The first-order valence-corrected chi connectivity index (χ1v) is 9.99. The van der Waals surface area contributed by atoms with Gasteiger partial charge in [0.15, 0.2) is 11.6 Å². The molecular formula is C22H27ClN6O. The topological polar surface area (TPSA) is 89.9 Å². The molecule has 2 N–H and O–H groups in total. The number of nitrogens with zero attached hydrogens (tertiary/aromatic N) is 5. The summed E-state index contributed by atoms with van der Waals surface area (Å²) < 4.78 is 1.92.